The first-order chi connectivity index (χ1) is 25.4. The molecule has 52 heavy (non-hydrogen) atoms. The molecule has 0 bridgehead atoms. The number of amides is 1. The van der Waals surface area contributed by atoms with Gasteiger partial charge in [-0.15, -0.1) is 10.2 Å². The standard InChI is InChI=1S/C41H36ClN5O3S2/c1-4-27(2)29-15-21-35-37(23-29)52-40(43-35)46(25-28-11-7-5-8-12-28)38(48)26-51-41-45-44-39(34-24-30(42)16-22-36(34)49-3)47(41)31-17-19-33(20-18-31)50-32-13-9-6-10-14-32/h5-24,27H,4,25-26H2,1-3H3. The SMILES string of the molecule is CCC(C)c1ccc2nc(N(Cc3ccccc3)C(=O)CSc3nnc(-c4cc(Cl)ccc4OC)n3-c3ccc(Oc4ccccc4)cc3)sc2c1. The summed E-state index contributed by atoms with van der Waals surface area (Å²) in [6, 6.07) is 39.0. The van der Waals surface area contributed by atoms with Gasteiger partial charge in [-0.3, -0.25) is 14.3 Å². The van der Waals surface area contributed by atoms with Gasteiger partial charge in [0.1, 0.15) is 17.2 Å². The van der Waals surface area contributed by atoms with Crippen LogP contribution >= 0.6 is 34.7 Å². The summed E-state index contributed by atoms with van der Waals surface area (Å²) >= 11 is 9.31. The number of anilines is 1. The maximum atomic E-state index is 14.3. The Labute approximate surface area is 316 Å². The molecule has 0 saturated heterocycles. The van der Waals surface area contributed by atoms with Crippen LogP contribution in [0.2, 0.25) is 5.02 Å². The Hall–Kier alpha value is -5.16. The van der Waals surface area contributed by atoms with Gasteiger partial charge in [0.2, 0.25) is 5.91 Å². The summed E-state index contributed by atoms with van der Waals surface area (Å²) in [5.41, 5.74) is 4.61. The summed E-state index contributed by atoms with van der Waals surface area (Å²) in [7, 11) is 1.60. The number of hydrogen-bond acceptors (Lipinski definition) is 8. The smallest absolute Gasteiger partial charge is 0.239 e. The van der Waals surface area contributed by atoms with E-state index >= 15 is 0 Å². The number of thioether (sulfide) groups is 1. The van der Waals surface area contributed by atoms with Crippen LogP contribution in [0.4, 0.5) is 5.13 Å². The molecule has 262 valence electrons. The number of halogens is 1. The van der Waals surface area contributed by atoms with Crippen LogP contribution in [-0.4, -0.2) is 38.5 Å². The maximum Gasteiger partial charge on any atom is 0.239 e. The number of benzene rings is 5. The molecule has 1 atom stereocenters. The minimum Gasteiger partial charge on any atom is -0.496 e. The van der Waals surface area contributed by atoms with Gasteiger partial charge in [0.25, 0.3) is 0 Å². The molecule has 0 aliphatic carbocycles. The predicted molar refractivity (Wildman–Crippen MR) is 212 cm³/mol. The molecule has 2 aromatic heterocycles. The van der Waals surface area contributed by atoms with E-state index < -0.39 is 0 Å². The van der Waals surface area contributed by atoms with Crippen LogP contribution in [0.3, 0.4) is 0 Å². The highest BCUT2D eigenvalue weighted by molar-refractivity contribution is 7.99. The monoisotopic (exact) mass is 745 g/mol. The zero-order valence-electron chi connectivity index (χ0n) is 28.9. The molecule has 1 unspecified atom stereocenters. The van der Waals surface area contributed by atoms with Crippen LogP contribution in [-0.2, 0) is 11.3 Å². The van der Waals surface area contributed by atoms with Crippen molar-refractivity contribution in [1.29, 1.82) is 0 Å². The van der Waals surface area contributed by atoms with Crippen LogP contribution in [0.5, 0.6) is 17.2 Å². The van der Waals surface area contributed by atoms with Crippen LogP contribution in [0, 0.1) is 0 Å². The third kappa shape index (κ3) is 7.84. The fourth-order valence-corrected chi connectivity index (χ4v) is 7.76. The average Bonchev–Trinajstić information content (AvgIpc) is 3.81. The van der Waals surface area contributed by atoms with Gasteiger partial charge >= 0.3 is 0 Å². The highest BCUT2D eigenvalue weighted by Crippen LogP contribution is 2.37. The Morgan fingerprint density at radius 3 is 2.37 bits per heavy atom. The van der Waals surface area contributed by atoms with Gasteiger partial charge in [-0.05, 0) is 90.2 Å². The fourth-order valence-electron chi connectivity index (χ4n) is 5.73. The van der Waals surface area contributed by atoms with Gasteiger partial charge in [0, 0.05) is 5.02 Å². The third-order valence-corrected chi connectivity index (χ3v) is 10.9. The molecule has 0 saturated carbocycles. The number of ether oxygens (including phenoxy) is 2. The lowest BCUT2D eigenvalue weighted by Gasteiger charge is -2.20. The predicted octanol–water partition coefficient (Wildman–Crippen LogP) is 10.8. The molecule has 11 heteroatoms. The largest absolute Gasteiger partial charge is 0.496 e. The van der Waals surface area contributed by atoms with E-state index in [1.807, 2.05) is 89.5 Å². The van der Waals surface area contributed by atoms with Gasteiger partial charge < -0.3 is 9.47 Å². The van der Waals surface area contributed by atoms with E-state index in [1.54, 1.807) is 30.2 Å². The quantitative estimate of drug-likeness (QED) is 0.109. The van der Waals surface area contributed by atoms with Crippen molar-refractivity contribution in [2.45, 2.75) is 37.9 Å². The Morgan fingerprint density at radius 1 is 0.904 bits per heavy atom. The molecule has 8 nitrogen and oxygen atoms in total. The van der Waals surface area contributed by atoms with E-state index in [2.05, 4.69) is 42.2 Å². The second-order valence-electron chi connectivity index (χ2n) is 12.2. The molecule has 0 N–H and O–H groups in total. The Balaban J connectivity index is 1.22. The van der Waals surface area contributed by atoms with E-state index in [0.29, 0.717) is 50.7 Å². The number of aromatic nitrogens is 4. The highest BCUT2D eigenvalue weighted by atomic mass is 35.5. The van der Waals surface area contributed by atoms with Gasteiger partial charge in [-0.25, -0.2) is 4.98 Å². The van der Waals surface area contributed by atoms with Gasteiger partial charge in [0.15, 0.2) is 16.1 Å². The Morgan fingerprint density at radius 2 is 1.63 bits per heavy atom. The number of carbonyl (C=O) groups is 1. The highest BCUT2D eigenvalue weighted by Gasteiger charge is 2.24. The summed E-state index contributed by atoms with van der Waals surface area (Å²) in [4.78, 5) is 21.0. The molecule has 7 aromatic rings. The van der Waals surface area contributed by atoms with E-state index in [-0.39, 0.29) is 11.7 Å². The topological polar surface area (TPSA) is 82.4 Å². The zero-order valence-corrected chi connectivity index (χ0v) is 31.3. The van der Waals surface area contributed by atoms with E-state index in [4.69, 9.17) is 26.1 Å². The number of para-hydroxylation sites is 1. The van der Waals surface area contributed by atoms with Crippen molar-refractivity contribution in [1.82, 2.24) is 19.7 Å². The Bertz CT molecular complexity index is 2300. The summed E-state index contributed by atoms with van der Waals surface area (Å²) in [5.74, 6) is 2.97. The maximum absolute atomic E-state index is 14.3. The zero-order chi connectivity index (χ0) is 36.0. The molecule has 5 aromatic carbocycles. The third-order valence-electron chi connectivity index (χ3n) is 8.73. The number of thiazole rings is 1. The van der Waals surface area contributed by atoms with Crippen LogP contribution in [0.25, 0.3) is 27.3 Å². The minimum atomic E-state index is -0.0990. The summed E-state index contributed by atoms with van der Waals surface area (Å²) in [6.45, 7) is 4.81. The number of hydrogen-bond donors (Lipinski definition) is 0. The van der Waals surface area contributed by atoms with E-state index in [9.17, 15) is 4.79 Å². The molecule has 0 spiro atoms. The molecule has 0 aliphatic rings. The minimum absolute atomic E-state index is 0.0981. The van der Waals surface area contributed by atoms with Gasteiger partial charge in [-0.2, -0.15) is 0 Å². The summed E-state index contributed by atoms with van der Waals surface area (Å²) in [6.07, 6.45) is 1.05. The van der Waals surface area contributed by atoms with E-state index in [1.165, 1.54) is 28.7 Å². The molecule has 0 aliphatic heterocycles. The van der Waals surface area contributed by atoms with Crippen molar-refractivity contribution in [3.05, 3.63) is 137 Å². The van der Waals surface area contributed by atoms with Crippen molar-refractivity contribution < 1.29 is 14.3 Å². The van der Waals surface area contributed by atoms with Crippen LogP contribution < -0.4 is 14.4 Å². The molecular formula is C41H36ClN5O3S2. The molecule has 0 radical (unpaired) electrons. The fraction of sp³-hybridized carbons (Fsp3) is 0.171. The molecule has 2 heterocycles. The lowest BCUT2D eigenvalue weighted by molar-refractivity contribution is -0.116. The van der Waals surface area contributed by atoms with E-state index in [0.717, 1.165) is 33.6 Å². The van der Waals surface area contributed by atoms with Crippen LogP contribution in [0.1, 0.15) is 37.3 Å². The lowest BCUT2D eigenvalue weighted by Crippen LogP contribution is -2.32. The number of rotatable bonds is 13. The molecule has 7 rings (SSSR count). The number of nitrogens with zero attached hydrogens (tertiary/aromatic N) is 5. The molecular weight excluding hydrogens is 710 g/mol. The lowest BCUT2D eigenvalue weighted by atomic mass is 9.99. The van der Waals surface area contributed by atoms with Crippen molar-refractivity contribution in [3.8, 4) is 34.3 Å². The van der Waals surface area contributed by atoms with Gasteiger partial charge in [0.05, 0.1) is 40.9 Å². The molecule has 1 amide bonds. The normalized spacial score (nSPS) is 11.8. The van der Waals surface area contributed by atoms with Crippen molar-refractivity contribution in [2.24, 2.45) is 0 Å². The first-order valence-corrected chi connectivity index (χ1v) is 19.1. The first kappa shape index (κ1) is 35.3. The summed E-state index contributed by atoms with van der Waals surface area (Å²) in [5, 5.41) is 10.9. The summed E-state index contributed by atoms with van der Waals surface area (Å²) < 4.78 is 14.7. The Kier molecular flexibility index (Phi) is 10.9. The van der Waals surface area contributed by atoms with Crippen molar-refractivity contribution >= 4 is 56.0 Å². The van der Waals surface area contributed by atoms with Crippen molar-refractivity contribution in [3.63, 3.8) is 0 Å². The van der Waals surface area contributed by atoms with Gasteiger partial charge in [-0.1, -0.05) is 103 Å². The number of carbonyl (C=O) groups excluding carboxylic acids is 1. The average molecular weight is 746 g/mol. The second-order valence-corrected chi connectivity index (χ2v) is 14.6. The number of fused-ring (bicyclic) bond motifs is 1. The number of methoxy groups -OCH3 is 1. The second kappa shape index (κ2) is 16.0. The van der Waals surface area contributed by atoms with Crippen LogP contribution in [0.15, 0.2) is 126 Å². The molecule has 0 fully saturated rings. The van der Waals surface area contributed by atoms with Crippen molar-refractivity contribution in [2.75, 3.05) is 17.8 Å². The first-order valence-electron chi connectivity index (χ1n) is 16.9.